The van der Waals surface area contributed by atoms with Crippen LogP contribution in [0.4, 0.5) is 10.3 Å². The fourth-order valence-corrected chi connectivity index (χ4v) is 1.40. The summed E-state index contributed by atoms with van der Waals surface area (Å²) in [6.07, 6.45) is 0. The van der Waals surface area contributed by atoms with Gasteiger partial charge in [-0.1, -0.05) is 12.1 Å². The number of hydrogen-bond donors (Lipinski definition) is 2. The Balaban J connectivity index is 2.51. The van der Waals surface area contributed by atoms with E-state index in [0.717, 1.165) is 0 Å². The molecule has 0 radical (unpaired) electrons. The van der Waals surface area contributed by atoms with Gasteiger partial charge in [-0.15, -0.1) is 0 Å². The minimum Gasteiger partial charge on any atom is -0.464 e. The van der Waals surface area contributed by atoms with E-state index >= 15 is 0 Å². The molecule has 0 spiro atoms. The first-order valence-electron chi connectivity index (χ1n) is 4.98. The molecule has 2 aromatic rings. The van der Waals surface area contributed by atoms with Gasteiger partial charge in [0.15, 0.2) is 0 Å². The summed E-state index contributed by atoms with van der Waals surface area (Å²) in [7, 11) is 1.19. The van der Waals surface area contributed by atoms with Crippen LogP contribution in [0.15, 0.2) is 28.7 Å². The van der Waals surface area contributed by atoms with Gasteiger partial charge in [-0.25, -0.2) is 15.0 Å². The number of nitrogens with zero attached hydrogens (tertiary/aromatic N) is 1. The van der Waals surface area contributed by atoms with Gasteiger partial charge < -0.3 is 9.15 Å². The minimum atomic E-state index is -0.728. The normalized spacial score (nSPS) is 10.2. The van der Waals surface area contributed by atoms with Crippen LogP contribution in [0.2, 0.25) is 0 Å². The summed E-state index contributed by atoms with van der Waals surface area (Å²) in [6, 6.07) is 5.89. The van der Waals surface area contributed by atoms with E-state index in [1.165, 1.54) is 25.3 Å². The maximum absolute atomic E-state index is 13.5. The SMILES string of the molecule is COC(=O)c1nc(-c2ccccc2F)oc1NN. The number of ether oxygens (including phenoxy) is 1. The molecule has 6 nitrogen and oxygen atoms in total. The molecule has 2 rings (SSSR count). The molecule has 0 aliphatic rings. The Morgan fingerprint density at radius 1 is 1.50 bits per heavy atom. The van der Waals surface area contributed by atoms with Gasteiger partial charge in [-0.05, 0) is 12.1 Å². The summed E-state index contributed by atoms with van der Waals surface area (Å²) >= 11 is 0. The number of oxazole rings is 1. The molecule has 94 valence electrons. The van der Waals surface area contributed by atoms with E-state index in [9.17, 15) is 9.18 Å². The van der Waals surface area contributed by atoms with E-state index < -0.39 is 11.8 Å². The average Bonchev–Trinajstić information content (AvgIpc) is 2.82. The highest BCUT2D eigenvalue weighted by molar-refractivity contribution is 5.92. The van der Waals surface area contributed by atoms with E-state index in [1.807, 2.05) is 0 Å². The minimum absolute atomic E-state index is 0.0542. The van der Waals surface area contributed by atoms with E-state index in [2.05, 4.69) is 15.1 Å². The summed E-state index contributed by atoms with van der Waals surface area (Å²) in [5, 5.41) is 0. The molecule has 0 fully saturated rings. The number of rotatable bonds is 3. The summed E-state index contributed by atoms with van der Waals surface area (Å²) < 4.78 is 23.2. The van der Waals surface area contributed by atoms with E-state index in [1.54, 1.807) is 6.07 Å². The summed E-state index contributed by atoms with van der Waals surface area (Å²) in [5.74, 6) is 3.81. The molecule has 1 aromatic carbocycles. The van der Waals surface area contributed by atoms with Crippen LogP contribution in [0.3, 0.4) is 0 Å². The third-order valence-electron chi connectivity index (χ3n) is 2.24. The van der Waals surface area contributed by atoms with Gasteiger partial charge in [0, 0.05) is 0 Å². The Bertz CT molecular complexity index is 583. The molecule has 0 amide bonds. The number of hydrazine groups is 1. The molecule has 7 heteroatoms. The quantitative estimate of drug-likeness (QED) is 0.488. The Kier molecular flexibility index (Phi) is 3.24. The third-order valence-corrected chi connectivity index (χ3v) is 2.24. The molecule has 1 heterocycles. The van der Waals surface area contributed by atoms with Gasteiger partial charge in [-0.2, -0.15) is 4.98 Å². The first-order chi connectivity index (χ1) is 8.67. The molecule has 0 bridgehead atoms. The number of methoxy groups -OCH3 is 1. The van der Waals surface area contributed by atoms with Gasteiger partial charge in [0.1, 0.15) is 5.82 Å². The van der Waals surface area contributed by atoms with E-state index in [-0.39, 0.29) is 23.0 Å². The molecule has 0 saturated carbocycles. The van der Waals surface area contributed by atoms with Crippen LogP contribution < -0.4 is 11.3 Å². The van der Waals surface area contributed by atoms with Crippen LogP contribution in [0.1, 0.15) is 10.5 Å². The second-order valence-electron chi connectivity index (χ2n) is 3.31. The first kappa shape index (κ1) is 12.1. The molecule has 0 aliphatic heterocycles. The lowest BCUT2D eigenvalue weighted by atomic mass is 10.2. The Morgan fingerprint density at radius 3 is 2.83 bits per heavy atom. The number of aromatic nitrogens is 1. The van der Waals surface area contributed by atoms with Gasteiger partial charge in [0.05, 0.1) is 12.7 Å². The van der Waals surface area contributed by atoms with Crippen molar-refractivity contribution in [3.8, 4) is 11.5 Å². The number of benzene rings is 1. The van der Waals surface area contributed by atoms with Gasteiger partial charge in [0.25, 0.3) is 0 Å². The van der Waals surface area contributed by atoms with Crippen LogP contribution in [-0.2, 0) is 4.74 Å². The van der Waals surface area contributed by atoms with Crippen molar-refractivity contribution in [1.82, 2.24) is 4.98 Å². The third kappa shape index (κ3) is 2.03. The number of nitrogens with one attached hydrogen (secondary N) is 1. The van der Waals surface area contributed by atoms with Crippen molar-refractivity contribution >= 4 is 11.9 Å². The summed E-state index contributed by atoms with van der Waals surface area (Å²) in [4.78, 5) is 15.2. The molecule has 0 unspecified atom stereocenters. The maximum atomic E-state index is 13.5. The average molecular weight is 251 g/mol. The lowest BCUT2D eigenvalue weighted by Gasteiger charge is -1.96. The van der Waals surface area contributed by atoms with Crippen LogP contribution in [-0.4, -0.2) is 18.1 Å². The lowest BCUT2D eigenvalue weighted by molar-refractivity contribution is 0.0595. The van der Waals surface area contributed by atoms with Crippen molar-refractivity contribution in [2.45, 2.75) is 0 Å². The second kappa shape index (κ2) is 4.84. The van der Waals surface area contributed by atoms with E-state index in [4.69, 9.17) is 10.3 Å². The molecule has 1 aromatic heterocycles. The Labute approximate surface area is 102 Å². The monoisotopic (exact) mass is 251 g/mol. The lowest BCUT2D eigenvalue weighted by Crippen LogP contribution is -2.11. The summed E-state index contributed by atoms with van der Waals surface area (Å²) in [6.45, 7) is 0. The van der Waals surface area contributed by atoms with Crippen molar-refractivity contribution in [3.63, 3.8) is 0 Å². The van der Waals surface area contributed by atoms with Crippen molar-refractivity contribution in [3.05, 3.63) is 35.8 Å². The highest BCUT2D eigenvalue weighted by atomic mass is 19.1. The molecule has 0 aliphatic carbocycles. The fourth-order valence-electron chi connectivity index (χ4n) is 1.40. The topological polar surface area (TPSA) is 90.4 Å². The first-order valence-corrected chi connectivity index (χ1v) is 4.98. The Morgan fingerprint density at radius 2 is 2.22 bits per heavy atom. The molecule has 0 atom stereocenters. The number of anilines is 1. The number of nitrogens with two attached hydrogens (primary N) is 1. The van der Waals surface area contributed by atoms with Gasteiger partial charge in [0.2, 0.25) is 17.5 Å². The molecule has 3 N–H and O–H groups in total. The van der Waals surface area contributed by atoms with Crippen LogP contribution in [0, 0.1) is 5.82 Å². The second-order valence-corrected chi connectivity index (χ2v) is 3.31. The number of hydrogen-bond acceptors (Lipinski definition) is 6. The predicted molar refractivity (Wildman–Crippen MR) is 61.0 cm³/mol. The zero-order chi connectivity index (χ0) is 13.1. The zero-order valence-corrected chi connectivity index (χ0v) is 9.44. The number of esters is 1. The van der Waals surface area contributed by atoms with Crippen LogP contribution in [0.5, 0.6) is 0 Å². The number of carbonyl (C=O) groups is 1. The molecule has 18 heavy (non-hydrogen) atoms. The predicted octanol–water partition coefficient (Wildman–Crippen LogP) is 1.55. The highest BCUT2D eigenvalue weighted by Crippen LogP contribution is 2.27. The fraction of sp³-hybridized carbons (Fsp3) is 0.0909. The number of carbonyl (C=O) groups excluding carboxylic acids is 1. The van der Waals surface area contributed by atoms with Gasteiger partial charge in [-0.3, -0.25) is 5.43 Å². The van der Waals surface area contributed by atoms with Crippen molar-refractivity contribution < 1.29 is 18.3 Å². The standard InChI is InChI=1S/C11H10FN3O3/c1-17-11(16)8-10(15-13)18-9(14-8)6-4-2-3-5-7(6)12/h2-5,15H,13H2,1H3. The number of halogens is 1. The van der Waals surface area contributed by atoms with Crippen LogP contribution >= 0.6 is 0 Å². The largest absolute Gasteiger partial charge is 0.464 e. The smallest absolute Gasteiger partial charge is 0.362 e. The van der Waals surface area contributed by atoms with Gasteiger partial charge >= 0.3 is 5.97 Å². The molecular formula is C11H10FN3O3. The molecule has 0 saturated heterocycles. The summed E-state index contributed by atoms with van der Waals surface area (Å²) in [5.41, 5.74) is 2.16. The van der Waals surface area contributed by atoms with Crippen LogP contribution in [0.25, 0.3) is 11.5 Å². The van der Waals surface area contributed by atoms with Crippen molar-refractivity contribution in [2.75, 3.05) is 12.5 Å². The van der Waals surface area contributed by atoms with Crippen molar-refractivity contribution in [2.24, 2.45) is 5.84 Å². The number of nitrogen functional groups attached to an aromatic ring is 1. The highest BCUT2D eigenvalue weighted by Gasteiger charge is 2.22. The zero-order valence-electron chi connectivity index (χ0n) is 9.44. The van der Waals surface area contributed by atoms with E-state index in [0.29, 0.717) is 0 Å². The maximum Gasteiger partial charge on any atom is 0.362 e. The molecular weight excluding hydrogens is 241 g/mol. The van der Waals surface area contributed by atoms with Crippen molar-refractivity contribution in [1.29, 1.82) is 0 Å². The Hall–Kier alpha value is -2.41.